The molecular formula is C13H17N3O4. The molecule has 20 heavy (non-hydrogen) atoms. The number of hydrogen-bond acceptors (Lipinski definition) is 5. The normalized spacial score (nSPS) is 17.4. The molecule has 1 aromatic heterocycles. The summed E-state index contributed by atoms with van der Waals surface area (Å²) in [7, 11) is 0. The molecule has 1 fully saturated rings. The van der Waals surface area contributed by atoms with Crippen LogP contribution in [0.15, 0.2) is 12.4 Å². The number of aromatic nitrogens is 2. The zero-order chi connectivity index (χ0) is 14.6. The van der Waals surface area contributed by atoms with Gasteiger partial charge in [0.2, 0.25) is 0 Å². The van der Waals surface area contributed by atoms with Crippen molar-refractivity contribution in [2.75, 3.05) is 13.2 Å². The quantitative estimate of drug-likeness (QED) is 0.834. The van der Waals surface area contributed by atoms with Crippen LogP contribution in [0.25, 0.3) is 0 Å². The summed E-state index contributed by atoms with van der Waals surface area (Å²) in [4.78, 5) is 31.1. The molecular weight excluding hydrogens is 262 g/mol. The van der Waals surface area contributed by atoms with Gasteiger partial charge in [-0.05, 0) is 25.8 Å². The van der Waals surface area contributed by atoms with Crippen LogP contribution in [0.4, 0.5) is 0 Å². The van der Waals surface area contributed by atoms with Crippen molar-refractivity contribution < 1.29 is 19.4 Å². The van der Waals surface area contributed by atoms with Gasteiger partial charge in [-0.1, -0.05) is 0 Å². The lowest BCUT2D eigenvalue weighted by molar-refractivity contribution is -0.139. The van der Waals surface area contributed by atoms with Crippen molar-refractivity contribution in [3.63, 3.8) is 0 Å². The van der Waals surface area contributed by atoms with Crippen LogP contribution in [-0.2, 0) is 9.53 Å². The third kappa shape index (κ3) is 3.51. The monoisotopic (exact) mass is 279 g/mol. The Labute approximate surface area is 116 Å². The number of amides is 1. The number of carbonyl (C=O) groups excluding carboxylic acids is 1. The van der Waals surface area contributed by atoms with Crippen molar-refractivity contribution in [2.24, 2.45) is 0 Å². The molecule has 1 aromatic rings. The zero-order valence-electron chi connectivity index (χ0n) is 11.3. The molecule has 1 aliphatic heterocycles. The summed E-state index contributed by atoms with van der Waals surface area (Å²) in [6.07, 6.45) is 2.16. The van der Waals surface area contributed by atoms with Crippen LogP contribution in [0.2, 0.25) is 0 Å². The van der Waals surface area contributed by atoms with Crippen LogP contribution in [0.3, 0.4) is 0 Å². The molecule has 1 aliphatic rings. The van der Waals surface area contributed by atoms with Gasteiger partial charge in [0, 0.05) is 18.9 Å². The number of nitrogens with zero attached hydrogens (tertiary/aromatic N) is 2. The van der Waals surface area contributed by atoms with E-state index in [-0.39, 0.29) is 18.0 Å². The lowest BCUT2D eigenvalue weighted by Crippen LogP contribution is -2.53. The molecule has 1 amide bonds. The third-order valence-electron chi connectivity index (χ3n) is 3.35. The Hall–Kier alpha value is -2.02. The van der Waals surface area contributed by atoms with Gasteiger partial charge in [-0.3, -0.25) is 9.59 Å². The van der Waals surface area contributed by atoms with Gasteiger partial charge < -0.3 is 15.2 Å². The molecule has 0 radical (unpaired) electrons. The van der Waals surface area contributed by atoms with Crippen LogP contribution in [0.5, 0.6) is 0 Å². The van der Waals surface area contributed by atoms with Gasteiger partial charge >= 0.3 is 5.97 Å². The van der Waals surface area contributed by atoms with Gasteiger partial charge in [-0.2, -0.15) is 0 Å². The molecule has 2 N–H and O–H groups in total. The summed E-state index contributed by atoms with van der Waals surface area (Å²) >= 11 is 0. The van der Waals surface area contributed by atoms with Crippen molar-refractivity contribution in [3.8, 4) is 0 Å². The molecule has 0 atom stereocenters. The summed E-state index contributed by atoms with van der Waals surface area (Å²) in [5.74, 6) is -1.32. The molecule has 0 spiro atoms. The van der Waals surface area contributed by atoms with Crippen LogP contribution in [0.1, 0.15) is 35.4 Å². The largest absolute Gasteiger partial charge is 0.481 e. The molecule has 2 rings (SSSR count). The zero-order valence-corrected chi connectivity index (χ0v) is 11.3. The Morgan fingerprint density at radius 1 is 1.40 bits per heavy atom. The summed E-state index contributed by atoms with van der Waals surface area (Å²) in [6.45, 7) is 2.65. The molecule has 0 aromatic carbocycles. The fourth-order valence-corrected chi connectivity index (χ4v) is 2.28. The topological polar surface area (TPSA) is 101 Å². The van der Waals surface area contributed by atoms with E-state index in [1.165, 1.54) is 6.33 Å². The fourth-order valence-electron chi connectivity index (χ4n) is 2.28. The average Bonchev–Trinajstić information content (AvgIpc) is 2.38. The number of ether oxygens (including phenoxy) is 1. The van der Waals surface area contributed by atoms with Crippen molar-refractivity contribution in [1.29, 1.82) is 0 Å². The van der Waals surface area contributed by atoms with E-state index in [0.717, 1.165) is 0 Å². The first kappa shape index (κ1) is 14.4. The number of carboxylic acid groups (broad SMARTS) is 1. The average molecular weight is 279 g/mol. The van der Waals surface area contributed by atoms with Crippen molar-refractivity contribution in [1.82, 2.24) is 15.3 Å². The summed E-state index contributed by atoms with van der Waals surface area (Å²) in [5.41, 5.74) is 0.165. The molecule has 1 saturated heterocycles. The number of aliphatic carboxylic acids is 1. The minimum atomic E-state index is -0.939. The van der Waals surface area contributed by atoms with E-state index in [1.807, 2.05) is 0 Å². The Bertz CT molecular complexity index is 512. The molecule has 0 saturated carbocycles. The predicted octanol–water partition coefficient (Wildman–Crippen LogP) is 0.539. The first-order chi connectivity index (χ1) is 9.51. The van der Waals surface area contributed by atoms with Gasteiger partial charge in [0.15, 0.2) is 0 Å². The molecule has 7 heteroatoms. The number of hydrogen-bond donors (Lipinski definition) is 2. The number of aryl methyl sites for hydroxylation is 1. The number of carboxylic acids is 1. The second-order valence-corrected chi connectivity index (χ2v) is 4.96. The summed E-state index contributed by atoms with van der Waals surface area (Å²) in [5, 5.41) is 11.9. The Morgan fingerprint density at radius 3 is 2.70 bits per heavy atom. The maximum atomic E-state index is 12.2. The number of carbonyl (C=O) groups is 2. The highest BCUT2D eigenvalue weighted by atomic mass is 16.5. The summed E-state index contributed by atoms with van der Waals surface area (Å²) < 4.78 is 5.24. The van der Waals surface area contributed by atoms with Crippen molar-refractivity contribution in [3.05, 3.63) is 23.8 Å². The van der Waals surface area contributed by atoms with Crippen molar-refractivity contribution in [2.45, 2.75) is 31.7 Å². The molecule has 7 nitrogen and oxygen atoms in total. The van der Waals surface area contributed by atoms with Crippen LogP contribution < -0.4 is 5.32 Å². The highest BCUT2D eigenvalue weighted by molar-refractivity contribution is 5.93. The maximum absolute atomic E-state index is 12.2. The first-order valence-corrected chi connectivity index (χ1v) is 6.41. The van der Waals surface area contributed by atoms with E-state index >= 15 is 0 Å². The highest BCUT2D eigenvalue weighted by Gasteiger charge is 2.36. The predicted molar refractivity (Wildman–Crippen MR) is 69.3 cm³/mol. The van der Waals surface area contributed by atoms with E-state index < -0.39 is 11.5 Å². The molecule has 0 aliphatic carbocycles. The van der Waals surface area contributed by atoms with E-state index in [4.69, 9.17) is 9.84 Å². The van der Waals surface area contributed by atoms with Gasteiger partial charge in [0.25, 0.3) is 5.91 Å². The van der Waals surface area contributed by atoms with Crippen LogP contribution in [0, 0.1) is 6.92 Å². The fraction of sp³-hybridized carbons (Fsp3) is 0.538. The lowest BCUT2D eigenvalue weighted by atomic mass is 9.86. The first-order valence-electron chi connectivity index (χ1n) is 6.41. The maximum Gasteiger partial charge on any atom is 0.305 e. The van der Waals surface area contributed by atoms with Gasteiger partial charge in [-0.15, -0.1) is 0 Å². The smallest absolute Gasteiger partial charge is 0.305 e. The van der Waals surface area contributed by atoms with Crippen LogP contribution in [-0.4, -0.2) is 45.7 Å². The molecule has 0 unspecified atom stereocenters. The molecule has 108 valence electrons. The van der Waals surface area contributed by atoms with Crippen LogP contribution >= 0.6 is 0 Å². The standard InChI is InChI=1S/C13H17N3O4/c1-9-6-10(15-8-14-9)12(19)16-13(7-11(17)18)2-4-20-5-3-13/h6,8H,2-5,7H2,1H3,(H,16,19)(H,17,18). The third-order valence-corrected chi connectivity index (χ3v) is 3.35. The van der Waals surface area contributed by atoms with E-state index in [2.05, 4.69) is 15.3 Å². The highest BCUT2D eigenvalue weighted by Crippen LogP contribution is 2.25. The number of nitrogens with one attached hydrogen (secondary N) is 1. The second kappa shape index (κ2) is 5.96. The minimum absolute atomic E-state index is 0.119. The van der Waals surface area contributed by atoms with E-state index in [1.54, 1.807) is 13.0 Å². The van der Waals surface area contributed by atoms with Gasteiger partial charge in [0.05, 0.1) is 12.0 Å². The molecule has 2 heterocycles. The Balaban J connectivity index is 2.15. The molecule has 0 bridgehead atoms. The second-order valence-electron chi connectivity index (χ2n) is 4.96. The Kier molecular flexibility index (Phi) is 4.29. The van der Waals surface area contributed by atoms with Gasteiger partial charge in [0.1, 0.15) is 12.0 Å². The van der Waals surface area contributed by atoms with Crippen molar-refractivity contribution >= 4 is 11.9 Å². The summed E-state index contributed by atoms with van der Waals surface area (Å²) in [6, 6.07) is 1.57. The van der Waals surface area contributed by atoms with E-state index in [9.17, 15) is 9.59 Å². The lowest BCUT2D eigenvalue weighted by Gasteiger charge is -2.36. The van der Waals surface area contributed by atoms with Gasteiger partial charge in [-0.25, -0.2) is 9.97 Å². The SMILES string of the molecule is Cc1cc(C(=O)NC2(CC(=O)O)CCOCC2)ncn1. The number of rotatable bonds is 4. The van der Waals surface area contributed by atoms with E-state index in [0.29, 0.717) is 31.7 Å². The minimum Gasteiger partial charge on any atom is -0.481 e. The Morgan fingerprint density at radius 2 is 2.10 bits per heavy atom.